The molecule has 0 aromatic rings. The molecule has 0 saturated heterocycles. The van der Waals surface area contributed by atoms with Gasteiger partial charge in [-0.25, -0.2) is 0 Å². The minimum absolute atomic E-state index is 0.769. The van der Waals surface area contributed by atoms with E-state index in [0.29, 0.717) is 0 Å². The minimum Gasteiger partial charge on any atom is -0.127 e. The van der Waals surface area contributed by atoms with E-state index in [-0.39, 0.29) is 0 Å². The molecule has 0 aliphatic heterocycles. The number of rotatable bonds is 3. The van der Waals surface area contributed by atoms with Crippen LogP contribution in [0.3, 0.4) is 0 Å². The van der Waals surface area contributed by atoms with Crippen LogP contribution in [0.15, 0.2) is 0 Å². The fourth-order valence-electron chi connectivity index (χ4n) is 0.0505. The second kappa shape index (κ2) is 16.0. The highest BCUT2D eigenvalue weighted by Crippen LogP contribution is 1.87. The van der Waals surface area contributed by atoms with Gasteiger partial charge in [0, 0.05) is 17.1 Å². The molecule has 0 fully saturated rings. The van der Waals surface area contributed by atoms with Gasteiger partial charge in [0.15, 0.2) is 0 Å². The largest absolute Gasteiger partial charge is 0.127 e. The van der Waals surface area contributed by atoms with Crippen molar-refractivity contribution in [2.75, 3.05) is 17.1 Å². The zero-order valence-electron chi connectivity index (χ0n) is 5.67. The van der Waals surface area contributed by atoms with Crippen LogP contribution in [0.25, 0.3) is 0 Å². The van der Waals surface area contributed by atoms with Crippen LogP contribution in [0, 0.1) is 0 Å². The lowest BCUT2D eigenvalue weighted by Crippen LogP contribution is -1.70. The van der Waals surface area contributed by atoms with E-state index < -0.39 is 0 Å². The summed E-state index contributed by atoms with van der Waals surface area (Å²) in [6.45, 7) is 2.05. The zero-order chi connectivity index (χ0) is 7.54. The predicted molar refractivity (Wildman–Crippen MR) is 50.1 cm³/mol. The van der Waals surface area contributed by atoms with Crippen molar-refractivity contribution in [3.63, 3.8) is 0 Å². The van der Waals surface area contributed by atoms with Crippen molar-refractivity contribution in [3.05, 3.63) is 0 Å². The topological polar surface area (TPSA) is 0 Å². The maximum absolute atomic E-state index is 5.27. The first-order valence-electron chi connectivity index (χ1n) is 3.01. The Morgan fingerprint density at radius 3 is 1.67 bits per heavy atom. The molecule has 0 heterocycles. The van der Waals surface area contributed by atoms with E-state index in [1.54, 1.807) is 0 Å². The Morgan fingerprint density at radius 1 is 1.22 bits per heavy atom. The zero-order valence-corrected chi connectivity index (χ0v) is 8.77. The Kier molecular flexibility index (Phi) is 22.6. The van der Waals surface area contributed by atoms with Crippen LogP contribution < -0.4 is 0 Å². The first-order chi connectivity index (χ1) is 4.33. The quantitative estimate of drug-likeness (QED) is 0.656. The number of hydrogen-bond donors (Lipinski definition) is 0. The van der Waals surface area contributed by atoms with Crippen LogP contribution in [-0.4, -0.2) is 17.1 Å². The molecule has 0 rings (SSSR count). The van der Waals surface area contributed by atoms with E-state index in [1.807, 2.05) is 6.92 Å². The highest BCUT2D eigenvalue weighted by atomic mass is 79.9. The average Bonchev–Trinajstić information content (AvgIpc) is 1.91. The van der Waals surface area contributed by atoms with Crippen molar-refractivity contribution in [3.8, 4) is 0 Å². The van der Waals surface area contributed by atoms with E-state index in [4.69, 9.17) is 23.2 Å². The molecule has 0 aromatic carbocycles. The maximum atomic E-state index is 5.27. The lowest BCUT2D eigenvalue weighted by Gasteiger charge is -1.75. The molecule has 0 bridgehead atoms. The molecule has 0 spiro atoms. The van der Waals surface area contributed by atoms with Gasteiger partial charge in [-0.15, -0.1) is 23.2 Å². The van der Waals surface area contributed by atoms with Crippen molar-refractivity contribution in [1.29, 1.82) is 0 Å². The Hall–Kier alpha value is 1.06. The molecule has 3 heteroatoms. The monoisotopic (exact) mass is 234 g/mol. The van der Waals surface area contributed by atoms with Crippen LogP contribution in [0.4, 0.5) is 0 Å². The van der Waals surface area contributed by atoms with Crippen molar-refractivity contribution < 1.29 is 0 Å². The molecule has 0 saturated carbocycles. The van der Waals surface area contributed by atoms with Gasteiger partial charge in [0.25, 0.3) is 0 Å². The Labute approximate surface area is 76.0 Å². The molecule has 0 nitrogen and oxygen atoms in total. The first-order valence-corrected chi connectivity index (χ1v) is 5.20. The van der Waals surface area contributed by atoms with E-state index in [1.165, 1.54) is 0 Å². The van der Waals surface area contributed by atoms with Crippen molar-refractivity contribution in [2.24, 2.45) is 0 Å². The summed E-state index contributed by atoms with van der Waals surface area (Å²) in [6, 6.07) is 0. The fraction of sp³-hybridized carbons (Fsp3) is 1.00. The summed E-state index contributed by atoms with van der Waals surface area (Å²) >= 11 is 13.7. The Bertz CT molecular complexity index is 30.2. The standard InChI is InChI=1S/C3H6BrCl.C3H7Cl/c4-2-1-3-5;1-2-3-4/h1-3H2;2-3H2,1H3. The van der Waals surface area contributed by atoms with Crippen LogP contribution >= 0.6 is 39.1 Å². The van der Waals surface area contributed by atoms with Crippen molar-refractivity contribution in [1.82, 2.24) is 0 Å². The Morgan fingerprint density at radius 2 is 1.67 bits per heavy atom. The van der Waals surface area contributed by atoms with Gasteiger partial charge in [-0.3, -0.25) is 0 Å². The number of halogens is 3. The third kappa shape index (κ3) is 27.4. The highest BCUT2D eigenvalue weighted by Gasteiger charge is 1.71. The summed E-state index contributed by atoms with van der Waals surface area (Å²) in [7, 11) is 0. The smallest absolute Gasteiger partial charge is 0.0231 e. The summed E-state index contributed by atoms with van der Waals surface area (Å²) in [5.41, 5.74) is 0. The van der Waals surface area contributed by atoms with Crippen molar-refractivity contribution in [2.45, 2.75) is 19.8 Å². The molecule has 0 N–H and O–H groups in total. The molecular weight excluding hydrogens is 223 g/mol. The van der Waals surface area contributed by atoms with Gasteiger partial charge in [-0.05, 0) is 12.8 Å². The highest BCUT2D eigenvalue weighted by molar-refractivity contribution is 9.09. The summed E-state index contributed by atoms with van der Waals surface area (Å²) in [4.78, 5) is 0. The second-order valence-electron chi connectivity index (χ2n) is 1.42. The summed E-state index contributed by atoms with van der Waals surface area (Å²) in [6.07, 6.45) is 2.16. The molecule has 0 aliphatic carbocycles. The van der Waals surface area contributed by atoms with Crippen molar-refractivity contribution >= 4 is 39.1 Å². The van der Waals surface area contributed by atoms with Gasteiger partial charge in [0.05, 0.1) is 0 Å². The number of alkyl halides is 3. The molecule has 0 atom stereocenters. The average molecular weight is 236 g/mol. The van der Waals surface area contributed by atoms with Gasteiger partial charge in [-0.1, -0.05) is 22.9 Å². The van der Waals surface area contributed by atoms with Gasteiger partial charge in [0.2, 0.25) is 0 Å². The first kappa shape index (κ1) is 12.7. The molecule has 0 aromatic heterocycles. The van der Waals surface area contributed by atoms with Gasteiger partial charge in [0.1, 0.15) is 0 Å². The third-order valence-electron chi connectivity index (χ3n) is 0.456. The summed E-state index contributed by atoms with van der Waals surface area (Å²) in [5, 5.41) is 1.02. The molecule has 0 radical (unpaired) electrons. The van der Waals surface area contributed by atoms with Crippen LogP contribution in [0.5, 0.6) is 0 Å². The summed E-state index contributed by atoms with van der Waals surface area (Å²) < 4.78 is 0. The van der Waals surface area contributed by atoms with Crippen LogP contribution in [0.1, 0.15) is 19.8 Å². The maximum Gasteiger partial charge on any atom is 0.0231 e. The van der Waals surface area contributed by atoms with Crippen LogP contribution in [0.2, 0.25) is 0 Å². The second-order valence-corrected chi connectivity index (χ2v) is 2.97. The van der Waals surface area contributed by atoms with Gasteiger partial charge >= 0.3 is 0 Å². The third-order valence-corrected chi connectivity index (χ3v) is 1.66. The van der Waals surface area contributed by atoms with E-state index in [0.717, 1.165) is 29.9 Å². The SMILES string of the molecule is CCCCl.ClCCCBr. The normalized spacial score (nSPS) is 8.00. The van der Waals surface area contributed by atoms with Gasteiger partial charge in [-0.2, -0.15) is 0 Å². The molecular formula is C6H13BrCl2. The lowest BCUT2D eigenvalue weighted by molar-refractivity contribution is 1.10. The van der Waals surface area contributed by atoms with Crippen LogP contribution in [-0.2, 0) is 0 Å². The molecule has 9 heavy (non-hydrogen) atoms. The molecule has 0 unspecified atom stereocenters. The fourth-order valence-corrected chi connectivity index (χ4v) is 0.787. The predicted octanol–water partition coefficient (Wildman–Crippen LogP) is 3.65. The minimum atomic E-state index is 0.769. The molecule has 58 valence electrons. The van der Waals surface area contributed by atoms with E-state index in [9.17, 15) is 0 Å². The summed E-state index contributed by atoms with van der Waals surface area (Å²) in [5.74, 6) is 1.56. The molecule has 0 amide bonds. The van der Waals surface area contributed by atoms with Gasteiger partial charge < -0.3 is 0 Å². The molecule has 0 aliphatic rings. The number of hydrogen-bond acceptors (Lipinski definition) is 0. The lowest BCUT2D eigenvalue weighted by atomic mass is 10.6. The van der Waals surface area contributed by atoms with E-state index in [2.05, 4.69) is 15.9 Å². The Balaban J connectivity index is 0. The van der Waals surface area contributed by atoms with E-state index >= 15 is 0 Å².